The van der Waals surface area contributed by atoms with Gasteiger partial charge in [-0.15, -0.1) is 0 Å². The number of amides is 2. The van der Waals surface area contributed by atoms with Crippen LogP contribution in [0.25, 0.3) is 0 Å². The molecule has 0 aromatic carbocycles. The zero-order valence-corrected chi connectivity index (χ0v) is 10.6. The minimum absolute atomic E-state index is 0.0423. The van der Waals surface area contributed by atoms with Crippen LogP contribution in [-0.2, 0) is 4.79 Å². The first-order valence-corrected chi connectivity index (χ1v) is 6.73. The third-order valence-electron chi connectivity index (χ3n) is 3.84. The number of hydrogen-bond donors (Lipinski definition) is 1. The van der Waals surface area contributed by atoms with Gasteiger partial charge in [-0.1, -0.05) is 12.8 Å². The Morgan fingerprint density at radius 2 is 1.88 bits per heavy atom. The normalized spacial score (nSPS) is 25.2. The number of urea groups is 1. The molecule has 1 aliphatic carbocycles. The first-order valence-electron chi connectivity index (χ1n) is 6.73. The van der Waals surface area contributed by atoms with Gasteiger partial charge in [-0.2, -0.15) is 0 Å². The average molecular weight is 238 g/mol. The zero-order chi connectivity index (χ0) is 12.3. The molecule has 1 aliphatic heterocycles. The van der Waals surface area contributed by atoms with E-state index in [1.54, 1.807) is 6.92 Å². The summed E-state index contributed by atoms with van der Waals surface area (Å²) < 4.78 is 0. The van der Waals surface area contributed by atoms with Gasteiger partial charge in [0.2, 0.25) is 0 Å². The molecule has 4 nitrogen and oxygen atoms in total. The van der Waals surface area contributed by atoms with Gasteiger partial charge in [0.05, 0.1) is 0 Å². The van der Waals surface area contributed by atoms with Crippen molar-refractivity contribution < 1.29 is 9.59 Å². The smallest absolute Gasteiger partial charge is 0.317 e. The fourth-order valence-electron chi connectivity index (χ4n) is 2.97. The molecule has 2 fully saturated rings. The molecule has 0 spiro atoms. The Bertz CT molecular complexity index is 298. The van der Waals surface area contributed by atoms with Gasteiger partial charge in [-0.05, 0) is 32.6 Å². The van der Waals surface area contributed by atoms with Crippen molar-refractivity contribution in [3.63, 3.8) is 0 Å². The highest BCUT2D eigenvalue weighted by Crippen LogP contribution is 2.22. The van der Waals surface area contributed by atoms with Crippen molar-refractivity contribution in [2.75, 3.05) is 6.54 Å². The Labute approximate surface area is 103 Å². The third-order valence-corrected chi connectivity index (χ3v) is 3.84. The molecule has 1 unspecified atom stereocenters. The summed E-state index contributed by atoms with van der Waals surface area (Å²) in [5.41, 5.74) is 0. The van der Waals surface area contributed by atoms with E-state index in [0.717, 1.165) is 32.2 Å². The first kappa shape index (κ1) is 12.4. The molecule has 0 aromatic heterocycles. The second-order valence-electron chi connectivity index (χ2n) is 5.33. The second-order valence-corrected chi connectivity index (χ2v) is 5.33. The fraction of sp³-hybridized carbons (Fsp3) is 0.846. The van der Waals surface area contributed by atoms with Gasteiger partial charge in [0.1, 0.15) is 5.78 Å². The molecule has 1 N–H and O–H groups in total. The van der Waals surface area contributed by atoms with Crippen LogP contribution in [0.3, 0.4) is 0 Å². The van der Waals surface area contributed by atoms with E-state index in [4.69, 9.17) is 0 Å². The molecule has 2 amide bonds. The summed E-state index contributed by atoms with van der Waals surface area (Å²) >= 11 is 0. The van der Waals surface area contributed by atoms with Crippen molar-refractivity contribution in [2.45, 2.75) is 64.0 Å². The predicted octanol–water partition coefficient (Wildman–Crippen LogP) is 2.08. The second kappa shape index (κ2) is 5.52. The zero-order valence-electron chi connectivity index (χ0n) is 10.6. The molecule has 0 bridgehead atoms. The molecular formula is C13H22N2O2. The van der Waals surface area contributed by atoms with Crippen LogP contribution in [0.4, 0.5) is 4.79 Å². The lowest BCUT2D eigenvalue weighted by Gasteiger charge is -2.26. The van der Waals surface area contributed by atoms with E-state index in [9.17, 15) is 9.59 Å². The number of rotatable bonds is 3. The minimum Gasteiger partial charge on any atom is -0.335 e. The van der Waals surface area contributed by atoms with Gasteiger partial charge < -0.3 is 10.2 Å². The van der Waals surface area contributed by atoms with Crippen molar-refractivity contribution in [3.05, 3.63) is 0 Å². The van der Waals surface area contributed by atoms with Crippen LogP contribution < -0.4 is 5.32 Å². The number of likely N-dealkylation sites (tertiary alicyclic amines) is 1. The van der Waals surface area contributed by atoms with Crippen LogP contribution in [0.2, 0.25) is 0 Å². The lowest BCUT2D eigenvalue weighted by molar-refractivity contribution is -0.117. The SMILES string of the molecule is CC(=O)CC1CCCN1C(=O)NC1CCCC1. The van der Waals surface area contributed by atoms with Crippen molar-refractivity contribution >= 4 is 11.8 Å². The van der Waals surface area contributed by atoms with Crippen molar-refractivity contribution in [3.8, 4) is 0 Å². The maximum Gasteiger partial charge on any atom is 0.317 e. The highest BCUT2D eigenvalue weighted by atomic mass is 16.2. The van der Waals surface area contributed by atoms with E-state index in [2.05, 4.69) is 5.32 Å². The fourth-order valence-corrected chi connectivity index (χ4v) is 2.97. The molecule has 0 aromatic rings. The number of nitrogens with zero attached hydrogens (tertiary/aromatic N) is 1. The maximum atomic E-state index is 12.1. The molecule has 4 heteroatoms. The monoisotopic (exact) mass is 238 g/mol. The number of nitrogens with one attached hydrogen (secondary N) is 1. The average Bonchev–Trinajstić information content (AvgIpc) is 2.87. The Kier molecular flexibility index (Phi) is 4.02. The van der Waals surface area contributed by atoms with Gasteiger partial charge in [0.25, 0.3) is 0 Å². The van der Waals surface area contributed by atoms with E-state index in [-0.39, 0.29) is 17.9 Å². The summed E-state index contributed by atoms with van der Waals surface area (Å²) in [7, 11) is 0. The summed E-state index contributed by atoms with van der Waals surface area (Å²) in [6.45, 7) is 2.40. The molecule has 1 atom stereocenters. The Morgan fingerprint density at radius 3 is 2.53 bits per heavy atom. The quantitative estimate of drug-likeness (QED) is 0.818. The van der Waals surface area contributed by atoms with E-state index in [1.807, 2.05) is 4.90 Å². The lowest BCUT2D eigenvalue weighted by Crippen LogP contribution is -2.46. The number of Topliss-reactive ketones (excluding diaryl/α,β-unsaturated/α-hetero) is 1. The first-order chi connectivity index (χ1) is 8.16. The summed E-state index contributed by atoms with van der Waals surface area (Å²) in [6, 6.07) is 0.538. The topological polar surface area (TPSA) is 49.4 Å². The van der Waals surface area contributed by atoms with Crippen LogP contribution in [0.1, 0.15) is 51.9 Å². The highest BCUT2D eigenvalue weighted by Gasteiger charge is 2.30. The van der Waals surface area contributed by atoms with Crippen molar-refractivity contribution in [1.82, 2.24) is 10.2 Å². The molecule has 1 saturated carbocycles. The van der Waals surface area contributed by atoms with E-state index < -0.39 is 0 Å². The molecule has 1 heterocycles. The number of hydrogen-bond acceptors (Lipinski definition) is 2. The number of carbonyl (C=O) groups is 2. The standard InChI is InChI=1S/C13H22N2O2/c1-10(16)9-12-7-4-8-15(12)13(17)14-11-5-2-3-6-11/h11-12H,2-9H2,1H3,(H,14,17). The van der Waals surface area contributed by atoms with E-state index in [1.165, 1.54) is 12.8 Å². The Morgan fingerprint density at radius 1 is 1.18 bits per heavy atom. The van der Waals surface area contributed by atoms with E-state index in [0.29, 0.717) is 12.5 Å². The van der Waals surface area contributed by atoms with Gasteiger partial charge in [-0.25, -0.2) is 4.79 Å². The molecule has 2 aliphatic rings. The molecule has 17 heavy (non-hydrogen) atoms. The van der Waals surface area contributed by atoms with Crippen molar-refractivity contribution in [1.29, 1.82) is 0 Å². The van der Waals surface area contributed by atoms with Crippen molar-refractivity contribution in [2.24, 2.45) is 0 Å². The largest absolute Gasteiger partial charge is 0.335 e. The van der Waals surface area contributed by atoms with Crippen LogP contribution in [0.15, 0.2) is 0 Å². The van der Waals surface area contributed by atoms with Crippen LogP contribution in [0.5, 0.6) is 0 Å². The minimum atomic E-state index is 0.0423. The summed E-state index contributed by atoms with van der Waals surface area (Å²) in [4.78, 5) is 25.1. The summed E-state index contributed by atoms with van der Waals surface area (Å²) in [5.74, 6) is 0.176. The predicted molar refractivity (Wildman–Crippen MR) is 65.8 cm³/mol. The summed E-state index contributed by atoms with van der Waals surface area (Å²) in [6.07, 6.45) is 7.17. The van der Waals surface area contributed by atoms with Gasteiger partial charge in [-0.3, -0.25) is 4.79 Å². The van der Waals surface area contributed by atoms with Crippen LogP contribution in [0, 0.1) is 0 Å². The Balaban J connectivity index is 1.86. The van der Waals surface area contributed by atoms with Gasteiger partial charge >= 0.3 is 6.03 Å². The summed E-state index contributed by atoms with van der Waals surface area (Å²) in [5, 5.41) is 3.10. The van der Waals surface area contributed by atoms with E-state index >= 15 is 0 Å². The Hall–Kier alpha value is -1.06. The number of ketones is 1. The molecule has 1 saturated heterocycles. The highest BCUT2D eigenvalue weighted by molar-refractivity contribution is 5.79. The van der Waals surface area contributed by atoms with Crippen LogP contribution in [-0.4, -0.2) is 35.3 Å². The molecule has 0 radical (unpaired) electrons. The maximum absolute atomic E-state index is 12.1. The molecular weight excluding hydrogens is 216 g/mol. The van der Waals surface area contributed by atoms with Gasteiger partial charge in [0, 0.05) is 25.0 Å². The third kappa shape index (κ3) is 3.20. The number of carbonyl (C=O) groups excluding carboxylic acids is 2. The molecule has 96 valence electrons. The lowest BCUT2D eigenvalue weighted by atomic mass is 10.1. The van der Waals surface area contributed by atoms with Gasteiger partial charge in [0.15, 0.2) is 0 Å². The molecule has 2 rings (SSSR count). The van der Waals surface area contributed by atoms with Crippen LogP contribution >= 0.6 is 0 Å².